The van der Waals surface area contributed by atoms with Gasteiger partial charge >= 0.3 is 0 Å². The Morgan fingerprint density at radius 2 is 2.04 bits per heavy atom. The zero-order chi connectivity index (χ0) is 18.8. The topological polar surface area (TPSA) is 67.3 Å². The van der Waals surface area contributed by atoms with Crippen molar-refractivity contribution in [3.8, 4) is 5.75 Å². The number of aromatic nitrogens is 2. The van der Waals surface area contributed by atoms with Crippen LogP contribution in [0, 0.1) is 11.7 Å². The zero-order valence-electron chi connectivity index (χ0n) is 15.6. The Kier molecular flexibility index (Phi) is 5.09. The maximum absolute atomic E-state index is 14.4. The van der Waals surface area contributed by atoms with Gasteiger partial charge in [0.05, 0.1) is 7.11 Å². The Morgan fingerprint density at radius 3 is 2.81 bits per heavy atom. The third kappa shape index (κ3) is 3.55. The number of piperidine rings is 1. The van der Waals surface area contributed by atoms with Gasteiger partial charge in [0.2, 0.25) is 5.91 Å². The molecule has 1 aliphatic heterocycles. The van der Waals surface area contributed by atoms with Crippen molar-refractivity contribution in [2.45, 2.75) is 44.6 Å². The molecule has 1 aliphatic carbocycles. The zero-order valence-corrected chi connectivity index (χ0v) is 15.6. The maximum atomic E-state index is 14.4. The van der Waals surface area contributed by atoms with Gasteiger partial charge < -0.3 is 15.0 Å². The van der Waals surface area contributed by atoms with Gasteiger partial charge in [-0.25, -0.2) is 14.4 Å². The predicted molar refractivity (Wildman–Crippen MR) is 101 cm³/mol. The first kappa shape index (κ1) is 17.9. The lowest BCUT2D eigenvalue weighted by Gasteiger charge is -2.29. The molecule has 0 radical (unpaired) electrons. The van der Waals surface area contributed by atoms with Crippen molar-refractivity contribution in [2.24, 2.45) is 5.92 Å². The second-order valence-corrected chi connectivity index (χ2v) is 7.44. The SMILES string of the molecule is COc1ccc2c(N[C@H]3CC[C@@H](C(=O)N4CCCCC4)C3)ncnc2c1F. The Labute approximate surface area is 158 Å². The van der Waals surface area contributed by atoms with Gasteiger partial charge in [0.1, 0.15) is 17.7 Å². The largest absolute Gasteiger partial charge is 0.494 e. The summed E-state index contributed by atoms with van der Waals surface area (Å²) in [6.45, 7) is 1.79. The Morgan fingerprint density at radius 1 is 1.22 bits per heavy atom. The lowest BCUT2D eigenvalue weighted by molar-refractivity contribution is -0.136. The second-order valence-electron chi connectivity index (χ2n) is 7.44. The first-order chi connectivity index (χ1) is 13.2. The van der Waals surface area contributed by atoms with E-state index in [2.05, 4.69) is 15.3 Å². The van der Waals surface area contributed by atoms with E-state index in [-0.39, 0.29) is 23.2 Å². The summed E-state index contributed by atoms with van der Waals surface area (Å²) in [5.41, 5.74) is 0.241. The standard InChI is InChI=1S/C20H25FN4O2/c1-27-16-8-7-15-18(17(16)21)22-12-23-19(15)24-14-6-5-13(11-14)20(26)25-9-3-2-4-10-25/h7-8,12-14H,2-6,9-11H2,1H3,(H,22,23,24)/t13-,14+/m1/s1. The van der Waals surface area contributed by atoms with Crippen molar-refractivity contribution >= 4 is 22.6 Å². The molecule has 4 rings (SSSR count). The number of carbonyl (C=O) groups is 1. The normalized spacial score (nSPS) is 22.8. The number of ether oxygens (including phenoxy) is 1. The van der Waals surface area contributed by atoms with E-state index >= 15 is 0 Å². The molecule has 1 N–H and O–H groups in total. The van der Waals surface area contributed by atoms with E-state index in [4.69, 9.17) is 4.74 Å². The summed E-state index contributed by atoms with van der Waals surface area (Å²) in [5, 5.41) is 4.03. The Hall–Kier alpha value is -2.44. The van der Waals surface area contributed by atoms with E-state index in [9.17, 15) is 9.18 Å². The molecule has 144 valence electrons. The molecule has 1 saturated heterocycles. The fourth-order valence-corrected chi connectivity index (χ4v) is 4.25. The molecule has 2 heterocycles. The number of amides is 1. The molecule has 2 atom stereocenters. The van der Waals surface area contributed by atoms with Crippen LogP contribution in [0.5, 0.6) is 5.75 Å². The van der Waals surface area contributed by atoms with Crippen molar-refractivity contribution in [3.63, 3.8) is 0 Å². The van der Waals surface area contributed by atoms with E-state index < -0.39 is 5.82 Å². The number of benzene rings is 1. The molecular weight excluding hydrogens is 347 g/mol. The number of carbonyl (C=O) groups excluding carboxylic acids is 1. The molecule has 0 spiro atoms. The summed E-state index contributed by atoms with van der Waals surface area (Å²) < 4.78 is 19.5. The number of hydrogen-bond donors (Lipinski definition) is 1. The Balaban J connectivity index is 1.47. The highest BCUT2D eigenvalue weighted by molar-refractivity contribution is 5.90. The van der Waals surface area contributed by atoms with Gasteiger partial charge in [-0.1, -0.05) is 0 Å². The number of methoxy groups -OCH3 is 1. The highest BCUT2D eigenvalue weighted by atomic mass is 19.1. The van der Waals surface area contributed by atoms with Crippen molar-refractivity contribution in [2.75, 3.05) is 25.5 Å². The molecule has 2 aromatic rings. The molecule has 1 aromatic heterocycles. The van der Waals surface area contributed by atoms with Crippen molar-refractivity contribution in [1.82, 2.24) is 14.9 Å². The highest BCUT2D eigenvalue weighted by Gasteiger charge is 2.33. The molecule has 27 heavy (non-hydrogen) atoms. The quantitative estimate of drug-likeness (QED) is 0.891. The minimum Gasteiger partial charge on any atom is -0.494 e. The van der Waals surface area contributed by atoms with Gasteiger partial charge in [-0.15, -0.1) is 0 Å². The van der Waals surface area contributed by atoms with Crippen molar-refractivity contribution in [1.29, 1.82) is 0 Å². The summed E-state index contributed by atoms with van der Waals surface area (Å²) >= 11 is 0. The molecule has 0 bridgehead atoms. The number of halogens is 1. The summed E-state index contributed by atoms with van der Waals surface area (Å²) in [5.74, 6) is 0.663. The molecule has 2 fully saturated rings. The first-order valence-corrected chi connectivity index (χ1v) is 9.70. The van der Waals surface area contributed by atoms with Crippen LogP contribution in [0.3, 0.4) is 0 Å². The van der Waals surface area contributed by atoms with Gasteiger partial charge in [0, 0.05) is 30.4 Å². The van der Waals surface area contributed by atoms with Gasteiger partial charge in [0.15, 0.2) is 11.6 Å². The van der Waals surface area contributed by atoms with Gasteiger partial charge in [-0.3, -0.25) is 4.79 Å². The molecule has 1 aromatic carbocycles. The summed E-state index contributed by atoms with van der Waals surface area (Å²) in [6.07, 6.45) is 7.40. The van der Waals surface area contributed by atoms with E-state index in [0.29, 0.717) is 17.1 Å². The molecule has 1 amide bonds. The molecule has 6 nitrogen and oxygen atoms in total. The molecular formula is C20H25FN4O2. The summed E-state index contributed by atoms with van der Waals surface area (Å²) in [7, 11) is 1.43. The monoisotopic (exact) mass is 372 g/mol. The van der Waals surface area contributed by atoms with Crippen LogP contribution >= 0.6 is 0 Å². The van der Waals surface area contributed by atoms with E-state index in [0.717, 1.165) is 45.2 Å². The minimum atomic E-state index is -0.481. The van der Waals surface area contributed by atoms with E-state index in [1.807, 2.05) is 4.90 Å². The van der Waals surface area contributed by atoms with Crippen LogP contribution < -0.4 is 10.1 Å². The number of hydrogen-bond acceptors (Lipinski definition) is 5. The summed E-state index contributed by atoms with van der Waals surface area (Å²) in [4.78, 5) is 23.1. The first-order valence-electron chi connectivity index (χ1n) is 9.70. The molecule has 7 heteroatoms. The van der Waals surface area contributed by atoms with Crippen LogP contribution in [0.25, 0.3) is 10.9 Å². The number of fused-ring (bicyclic) bond motifs is 1. The number of likely N-dealkylation sites (tertiary alicyclic amines) is 1. The minimum absolute atomic E-state index is 0.0746. The number of nitrogens with one attached hydrogen (secondary N) is 1. The number of nitrogens with zero attached hydrogens (tertiary/aromatic N) is 3. The molecule has 2 aliphatic rings. The lowest BCUT2D eigenvalue weighted by atomic mass is 10.0. The highest BCUT2D eigenvalue weighted by Crippen LogP contribution is 2.33. The van der Waals surface area contributed by atoms with Crippen LogP contribution in [0.1, 0.15) is 38.5 Å². The van der Waals surface area contributed by atoms with Crippen LogP contribution in [-0.4, -0.2) is 47.0 Å². The third-order valence-corrected chi connectivity index (χ3v) is 5.72. The van der Waals surface area contributed by atoms with Gasteiger partial charge in [-0.05, 0) is 50.7 Å². The van der Waals surface area contributed by atoms with Gasteiger partial charge in [-0.2, -0.15) is 0 Å². The van der Waals surface area contributed by atoms with E-state index in [1.54, 1.807) is 12.1 Å². The summed E-state index contributed by atoms with van der Waals surface area (Å²) in [6, 6.07) is 3.51. The lowest BCUT2D eigenvalue weighted by Crippen LogP contribution is -2.39. The third-order valence-electron chi connectivity index (χ3n) is 5.72. The van der Waals surface area contributed by atoms with E-state index in [1.165, 1.54) is 19.9 Å². The smallest absolute Gasteiger partial charge is 0.225 e. The fourth-order valence-electron chi connectivity index (χ4n) is 4.25. The fraction of sp³-hybridized carbons (Fsp3) is 0.550. The second kappa shape index (κ2) is 7.66. The maximum Gasteiger partial charge on any atom is 0.225 e. The van der Waals surface area contributed by atoms with Crippen LogP contribution in [0.2, 0.25) is 0 Å². The van der Waals surface area contributed by atoms with Crippen molar-refractivity contribution in [3.05, 3.63) is 24.3 Å². The average molecular weight is 372 g/mol. The van der Waals surface area contributed by atoms with Crippen molar-refractivity contribution < 1.29 is 13.9 Å². The van der Waals surface area contributed by atoms with Crippen LogP contribution in [0.4, 0.5) is 10.2 Å². The average Bonchev–Trinajstić information content (AvgIpc) is 3.17. The van der Waals surface area contributed by atoms with Crippen LogP contribution in [-0.2, 0) is 4.79 Å². The predicted octanol–water partition coefficient (Wildman–Crippen LogP) is 3.37. The Bertz CT molecular complexity index is 838. The molecule has 0 unspecified atom stereocenters. The molecule has 1 saturated carbocycles. The number of anilines is 1. The number of rotatable bonds is 4. The van der Waals surface area contributed by atoms with Crippen LogP contribution in [0.15, 0.2) is 18.5 Å². The van der Waals surface area contributed by atoms with Gasteiger partial charge in [0.25, 0.3) is 0 Å².